The second-order valence-corrected chi connectivity index (χ2v) is 7.78. The van der Waals surface area contributed by atoms with E-state index in [0.29, 0.717) is 18.7 Å². The molecule has 0 aliphatic carbocycles. The zero-order chi connectivity index (χ0) is 20.9. The van der Waals surface area contributed by atoms with E-state index >= 15 is 0 Å². The summed E-state index contributed by atoms with van der Waals surface area (Å²) in [6, 6.07) is 8.94. The van der Waals surface area contributed by atoms with Crippen LogP contribution in [-0.2, 0) is 16.6 Å². The molecule has 0 aliphatic rings. The minimum absolute atomic E-state index is 0.0474. The SMILES string of the molecule is CCN(CC)S(=O)(=O)c1ccc(CNC(=O)c2ccc(F)c([N+](=O)[O-])c2)cc1. The Morgan fingerprint density at radius 2 is 1.75 bits per heavy atom. The maximum Gasteiger partial charge on any atom is 0.305 e. The van der Waals surface area contributed by atoms with Gasteiger partial charge in [-0.15, -0.1) is 0 Å². The number of nitrogens with one attached hydrogen (secondary N) is 1. The van der Waals surface area contributed by atoms with Crippen LogP contribution in [0.3, 0.4) is 0 Å². The average Bonchev–Trinajstić information content (AvgIpc) is 2.67. The monoisotopic (exact) mass is 409 g/mol. The molecule has 0 saturated heterocycles. The van der Waals surface area contributed by atoms with Crippen LogP contribution in [0.15, 0.2) is 47.4 Å². The van der Waals surface area contributed by atoms with E-state index in [4.69, 9.17) is 0 Å². The molecule has 0 radical (unpaired) electrons. The zero-order valence-corrected chi connectivity index (χ0v) is 16.2. The lowest BCUT2D eigenvalue weighted by Gasteiger charge is -2.18. The molecule has 2 aromatic carbocycles. The first kappa shape index (κ1) is 21.5. The van der Waals surface area contributed by atoms with Crippen molar-refractivity contribution in [2.45, 2.75) is 25.3 Å². The Morgan fingerprint density at radius 1 is 1.14 bits per heavy atom. The van der Waals surface area contributed by atoms with Gasteiger partial charge in [-0.25, -0.2) is 8.42 Å². The number of benzene rings is 2. The van der Waals surface area contributed by atoms with Crippen molar-refractivity contribution < 1.29 is 22.5 Å². The van der Waals surface area contributed by atoms with Crippen LogP contribution in [0.4, 0.5) is 10.1 Å². The maximum atomic E-state index is 13.4. The first-order chi connectivity index (χ1) is 13.2. The van der Waals surface area contributed by atoms with Crippen LogP contribution >= 0.6 is 0 Å². The molecule has 2 rings (SSSR count). The molecule has 0 unspecified atom stereocenters. The molecule has 28 heavy (non-hydrogen) atoms. The maximum absolute atomic E-state index is 13.4. The van der Waals surface area contributed by atoms with Gasteiger partial charge < -0.3 is 5.32 Å². The number of halogens is 1. The highest BCUT2D eigenvalue weighted by Crippen LogP contribution is 2.19. The second-order valence-electron chi connectivity index (χ2n) is 5.84. The molecule has 0 atom stereocenters. The Labute approximate surface area is 162 Å². The molecule has 8 nitrogen and oxygen atoms in total. The van der Waals surface area contributed by atoms with E-state index < -0.39 is 32.4 Å². The van der Waals surface area contributed by atoms with Crippen molar-refractivity contribution in [3.63, 3.8) is 0 Å². The van der Waals surface area contributed by atoms with Gasteiger partial charge in [-0.1, -0.05) is 26.0 Å². The standard InChI is InChI=1S/C18H20FN3O5S/c1-3-21(4-2)28(26,27)15-8-5-13(6-9-15)12-20-18(23)14-7-10-16(19)17(11-14)22(24)25/h5-11H,3-4,12H2,1-2H3,(H,20,23). The summed E-state index contributed by atoms with van der Waals surface area (Å²) >= 11 is 0. The topological polar surface area (TPSA) is 110 Å². The molecular formula is C18H20FN3O5S. The molecule has 0 spiro atoms. The van der Waals surface area contributed by atoms with Gasteiger partial charge in [-0.2, -0.15) is 8.70 Å². The lowest BCUT2D eigenvalue weighted by Crippen LogP contribution is -2.30. The van der Waals surface area contributed by atoms with Crippen LogP contribution in [0.1, 0.15) is 29.8 Å². The van der Waals surface area contributed by atoms with Crippen LogP contribution in [-0.4, -0.2) is 36.6 Å². The number of hydrogen-bond acceptors (Lipinski definition) is 5. The molecule has 0 fully saturated rings. The van der Waals surface area contributed by atoms with Crippen LogP contribution < -0.4 is 5.32 Å². The summed E-state index contributed by atoms with van der Waals surface area (Å²) < 4.78 is 39.6. The van der Waals surface area contributed by atoms with E-state index in [0.717, 1.165) is 18.2 Å². The molecule has 10 heteroatoms. The van der Waals surface area contributed by atoms with E-state index in [9.17, 15) is 27.7 Å². The first-order valence-corrected chi connectivity index (χ1v) is 9.96. The summed E-state index contributed by atoms with van der Waals surface area (Å²) in [4.78, 5) is 22.2. The number of carbonyl (C=O) groups is 1. The normalized spacial score (nSPS) is 11.4. The van der Waals surface area contributed by atoms with Gasteiger partial charge in [0, 0.05) is 31.3 Å². The van der Waals surface area contributed by atoms with Crippen molar-refractivity contribution in [1.29, 1.82) is 0 Å². The summed E-state index contributed by atoms with van der Waals surface area (Å²) in [7, 11) is -3.56. The van der Waals surface area contributed by atoms with Crippen molar-refractivity contribution in [2.24, 2.45) is 0 Å². The fourth-order valence-electron chi connectivity index (χ4n) is 2.57. The molecule has 0 bridgehead atoms. The lowest BCUT2D eigenvalue weighted by atomic mass is 10.1. The minimum Gasteiger partial charge on any atom is -0.348 e. The quantitative estimate of drug-likeness (QED) is 0.532. The van der Waals surface area contributed by atoms with E-state index in [2.05, 4.69) is 5.32 Å². The number of rotatable bonds is 8. The van der Waals surface area contributed by atoms with Crippen molar-refractivity contribution in [3.05, 3.63) is 69.5 Å². The Bertz CT molecular complexity index is 973. The predicted octanol–water partition coefficient (Wildman–Crippen LogP) is 2.69. The fourth-order valence-corrected chi connectivity index (χ4v) is 4.03. The highest BCUT2D eigenvalue weighted by atomic mass is 32.2. The molecule has 0 aliphatic heterocycles. The molecule has 0 aromatic heterocycles. The predicted molar refractivity (Wildman–Crippen MR) is 101 cm³/mol. The van der Waals surface area contributed by atoms with Gasteiger partial charge in [0.1, 0.15) is 0 Å². The molecule has 0 heterocycles. The smallest absolute Gasteiger partial charge is 0.305 e. The van der Waals surface area contributed by atoms with E-state index in [1.807, 2.05) is 0 Å². The van der Waals surface area contributed by atoms with E-state index in [-0.39, 0.29) is 17.0 Å². The largest absolute Gasteiger partial charge is 0.348 e. The van der Waals surface area contributed by atoms with Gasteiger partial charge in [0.2, 0.25) is 15.8 Å². The minimum atomic E-state index is -3.56. The summed E-state index contributed by atoms with van der Waals surface area (Å²) in [5.74, 6) is -1.63. The highest BCUT2D eigenvalue weighted by molar-refractivity contribution is 7.89. The molecular weight excluding hydrogens is 389 g/mol. The highest BCUT2D eigenvalue weighted by Gasteiger charge is 2.21. The molecule has 2 aromatic rings. The van der Waals surface area contributed by atoms with E-state index in [1.165, 1.54) is 16.4 Å². The Morgan fingerprint density at radius 3 is 2.29 bits per heavy atom. The first-order valence-electron chi connectivity index (χ1n) is 8.52. The van der Waals surface area contributed by atoms with Crippen molar-refractivity contribution >= 4 is 21.6 Å². The molecule has 0 saturated carbocycles. The number of hydrogen-bond donors (Lipinski definition) is 1. The Balaban J connectivity index is 2.09. The Kier molecular flexibility index (Phi) is 6.81. The lowest BCUT2D eigenvalue weighted by molar-refractivity contribution is -0.387. The summed E-state index contributed by atoms with van der Waals surface area (Å²) in [5.41, 5.74) is -0.184. The van der Waals surface area contributed by atoms with Crippen LogP contribution in [0.2, 0.25) is 0 Å². The van der Waals surface area contributed by atoms with Gasteiger partial charge in [0.25, 0.3) is 5.91 Å². The molecule has 150 valence electrons. The third-order valence-corrected chi connectivity index (χ3v) is 6.19. The van der Waals surface area contributed by atoms with Gasteiger partial charge in [-0.05, 0) is 29.8 Å². The van der Waals surface area contributed by atoms with E-state index in [1.54, 1.807) is 26.0 Å². The number of amides is 1. The van der Waals surface area contributed by atoms with Crippen molar-refractivity contribution in [1.82, 2.24) is 9.62 Å². The number of nitro groups is 1. The van der Waals surface area contributed by atoms with Crippen molar-refractivity contribution in [2.75, 3.05) is 13.1 Å². The summed E-state index contributed by atoms with van der Waals surface area (Å²) in [5, 5.41) is 13.3. The Hall–Kier alpha value is -2.85. The van der Waals surface area contributed by atoms with Crippen LogP contribution in [0.5, 0.6) is 0 Å². The van der Waals surface area contributed by atoms with Gasteiger partial charge >= 0.3 is 5.69 Å². The molecule has 1 N–H and O–H groups in total. The number of carbonyl (C=O) groups excluding carboxylic acids is 1. The number of sulfonamides is 1. The van der Waals surface area contributed by atoms with Gasteiger partial charge in [0.05, 0.1) is 9.82 Å². The van der Waals surface area contributed by atoms with Crippen molar-refractivity contribution in [3.8, 4) is 0 Å². The molecule has 1 amide bonds. The summed E-state index contributed by atoms with van der Waals surface area (Å²) in [6.45, 7) is 4.31. The summed E-state index contributed by atoms with van der Waals surface area (Å²) in [6.07, 6.45) is 0. The third kappa shape index (κ3) is 4.70. The average molecular weight is 409 g/mol. The second kappa shape index (κ2) is 8.89. The third-order valence-electron chi connectivity index (χ3n) is 4.12. The number of nitrogens with zero attached hydrogens (tertiary/aromatic N) is 2. The zero-order valence-electron chi connectivity index (χ0n) is 15.4. The van der Waals surface area contributed by atoms with Crippen LogP contribution in [0, 0.1) is 15.9 Å². The number of nitro benzene ring substituents is 1. The van der Waals surface area contributed by atoms with Crippen LogP contribution in [0.25, 0.3) is 0 Å². The van der Waals surface area contributed by atoms with Gasteiger partial charge in [-0.3, -0.25) is 14.9 Å². The fraction of sp³-hybridized carbons (Fsp3) is 0.278. The van der Waals surface area contributed by atoms with Gasteiger partial charge in [0.15, 0.2) is 0 Å².